The van der Waals surface area contributed by atoms with Gasteiger partial charge in [-0.05, 0) is 86.1 Å². The normalized spacial score (nSPS) is 17.1. The van der Waals surface area contributed by atoms with E-state index in [-0.39, 0.29) is 0 Å². The van der Waals surface area contributed by atoms with Crippen LogP contribution in [0.15, 0.2) is 138 Å². The highest BCUT2D eigenvalue weighted by molar-refractivity contribution is 6.88. The van der Waals surface area contributed by atoms with Gasteiger partial charge in [-0.1, -0.05) is 107 Å². The number of hydrogen-bond donors (Lipinski definition) is 0. The van der Waals surface area contributed by atoms with E-state index in [0.717, 1.165) is 38.8 Å². The predicted molar refractivity (Wildman–Crippen MR) is 222 cm³/mol. The molecule has 4 heteroatoms. The van der Waals surface area contributed by atoms with Gasteiger partial charge in [-0.15, -0.1) is 9.13 Å². The van der Waals surface area contributed by atoms with Gasteiger partial charge < -0.3 is 4.42 Å². The Morgan fingerprint density at radius 1 is 0.623 bits per heavy atom. The van der Waals surface area contributed by atoms with E-state index in [1.807, 2.05) is 26.8 Å². The van der Waals surface area contributed by atoms with Crippen molar-refractivity contribution in [2.24, 2.45) is 5.41 Å². The molecule has 0 bridgehead atoms. The second-order valence-corrected chi connectivity index (χ2v) is 22.2. The first-order chi connectivity index (χ1) is 26.3. The Morgan fingerprint density at radius 2 is 1.28 bits per heavy atom. The Kier molecular flexibility index (Phi) is 5.62. The fraction of sp³-hybridized carbons (Fsp3) is 0.184. The zero-order chi connectivity index (χ0) is 37.8. The quantitative estimate of drug-likeness (QED) is 0.0997. The molecule has 1 spiro atoms. The maximum atomic E-state index is 9.40. The number of nitrogens with zero attached hydrogens (tertiary/aromatic N) is 2. The minimum absolute atomic E-state index is 0.615. The van der Waals surface area contributed by atoms with Crippen LogP contribution >= 0.6 is 0 Å². The summed E-state index contributed by atoms with van der Waals surface area (Å²) in [5.74, 6) is 0. The third-order valence-corrected chi connectivity index (χ3v) is 13.7. The standard InChI is InChI=1S/C49H42N2OSi/c1-48(2,3)28-30-23-24-50-44(25-30)46-42(49(50)41-18-12-11-17-37(41)43-22-19-31(29-51(43)49)53(4,5)6)21-20-36-40-26-38-34-15-9-7-13-32(34)33-14-8-10-16-35(33)39(38)27-45(40)52-47(36)46/h7-27,29H,28H2,1-6H3/q+2/i28D2. The van der Waals surface area contributed by atoms with Gasteiger partial charge in [0.05, 0.1) is 13.6 Å². The summed E-state index contributed by atoms with van der Waals surface area (Å²) in [7, 11) is -1.71. The summed E-state index contributed by atoms with van der Waals surface area (Å²) in [6, 6.07) is 44.1. The molecule has 0 amide bonds. The van der Waals surface area contributed by atoms with Crippen molar-refractivity contribution in [1.82, 2.24) is 0 Å². The largest absolute Gasteiger partial charge is 0.455 e. The monoisotopic (exact) mass is 704 g/mol. The van der Waals surface area contributed by atoms with Crippen LogP contribution in [0, 0.1) is 5.41 Å². The lowest BCUT2D eigenvalue weighted by atomic mass is 9.88. The first-order valence-corrected chi connectivity index (χ1v) is 22.3. The molecule has 256 valence electrons. The zero-order valence-electron chi connectivity index (χ0n) is 33.0. The van der Waals surface area contributed by atoms with E-state index in [1.54, 1.807) is 0 Å². The molecule has 9 aromatic rings. The molecule has 0 aliphatic carbocycles. The summed E-state index contributed by atoms with van der Waals surface area (Å²) in [4.78, 5) is 0. The Bertz CT molecular complexity index is 3170. The van der Waals surface area contributed by atoms with E-state index in [0.29, 0.717) is 5.56 Å². The smallest absolute Gasteiger partial charge is 0.417 e. The summed E-state index contributed by atoms with van der Waals surface area (Å²) < 4.78 is 30.8. The van der Waals surface area contributed by atoms with Crippen molar-refractivity contribution >= 4 is 67.5 Å². The lowest BCUT2D eigenvalue weighted by molar-refractivity contribution is -0.954. The van der Waals surface area contributed by atoms with Crippen LogP contribution in [-0.4, -0.2) is 8.07 Å². The number of aromatic nitrogens is 2. The van der Waals surface area contributed by atoms with Crippen LogP contribution in [0.5, 0.6) is 0 Å². The van der Waals surface area contributed by atoms with Crippen molar-refractivity contribution in [3.05, 3.63) is 150 Å². The fourth-order valence-electron chi connectivity index (χ4n) is 9.49. The van der Waals surface area contributed by atoms with Crippen LogP contribution in [-0.2, 0) is 12.0 Å². The lowest BCUT2D eigenvalue weighted by Crippen LogP contribution is -2.72. The van der Waals surface area contributed by atoms with E-state index in [4.69, 9.17) is 4.42 Å². The molecule has 0 saturated heterocycles. The maximum Gasteiger partial charge on any atom is 0.417 e. The molecule has 11 rings (SSSR count). The number of pyridine rings is 2. The molecular formula is C49H42N2OSi+2. The van der Waals surface area contributed by atoms with Gasteiger partial charge in [0.15, 0.2) is 12.4 Å². The van der Waals surface area contributed by atoms with Crippen molar-refractivity contribution in [1.29, 1.82) is 0 Å². The second-order valence-electron chi connectivity index (χ2n) is 17.1. The Morgan fingerprint density at radius 3 is 1.98 bits per heavy atom. The van der Waals surface area contributed by atoms with Crippen molar-refractivity contribution in [2.45, 2.75) is 52.4 Å². The highest BCUT2D eigenvalue weighted by atomic mass is 28.3. The van der Waals surface area contributed by atoms with Crippen LogP contribution < -0.4 is 14.3 Å². The minimum Gasteiger partial charge on any atom is -0.455 e. The summed E-state index contributed by atoms with van der Waals surface area (Å²) in [5.41, 5.74) is 7.71. The second kappa shape index (κ2) is 10.3. The topological polar surface area (TPSA) is 20.9 Å². The van der Waals surface area contributed by atoms with Crippen LogP contribution in [0.3, 0.4) is 0 Å². The average molecular weight is 705 g/mol. The Labute approximate surface area is 313 Å². The van der Waals surface area contributed by atoms with Crippen molar-refractivity contribution in [3.63, 3.8) is 0 Å². The molecule has 6 aromatic carbocycles. The molecule has 5 heterocycles. The Balaban J connectivity index is 1.30. The molecule has 0 radical (unpaired) electrons. The predicted octanol–water partition coefficient (Wildman–Crippen LogP) is 11.0. The number of benzene rings is 6. The van der Waals surface area contributed by atoms with E-state index < -0.39 is 25.5 Å². The fourth-order valence-corrected chi connectivity index (χ4v) is 10.6. The van der Waals surface area contributed by atoms with Gasteiger partial charge in [-0.3, -0.25) is 0 Å². The average Bonchev–Trinajstić information content (AvgIpc) is 3.79. The van der Waals surface area contributed by atoms with Crippen LogP contribution in [0.4, 0.5) is 0 Å². The van der Waals surface area contributed by atoms with Crippen molar-refractivity contribution < 1.29 is 16.3 Å². The van der Waals surface area contributed by atoms with Gasteiger partial charge in [0.25, 0.3) is 0 Å². The molecule has 2 aliphatic heterocycles. The SMILES string of the molecule is [2H]C([2H])(c1cc[n+]2c(c1)-c1c(ccc3c1oc1cc4c5ccccc5c5ccccc5c4cc13)C21c2ccccc2-c2ccc([Si](C)(C)C)c[n+]21)C(C)(C)C. The van der Waals surface area contributed by atoms with Crippen LogP contribution in [0.1, 0.15) is 40.2 Å². The molecule has 53 heavy (non-hydrogen) atoms. The van der Waals surface area contributed by atoms with Gasteiger partial charge in [0.2, 0.25) is 11.4 Å². The van der Waals surface area contributed by atoms with Crippen LogP contribution in [0.25, 0.3) is 76.8 Å². The first-order valence-electron chi connectivity index (χ1n) is 19.8. The molecule has 3 aromatic heterocycles. The minimum atomic E-state index is -1.71. The van der Waals surface area contributed by atoms with E-state index in [2.05, 4.69) is 156 Å². The molecule has 0 N–H and O–H groups in total. The molecule has 1 atom stereocenters. The molecule has 1 unspecified atom stereocenters. The summed E-state index contributed by atoms with van der Waals surface area (Å²) in [6.07, 6.45) is 2.96. The van der Waals surface area contributed by atoms with E-state index in [9.17, 15) is 2.74 Å². The Hall–Kier alpha value is -5.58. The number of rotatable bonds is 2. The zero-order valence-corrected chi connectivity index (χ0v) is 32.0. The molecular weight excluding hydrogens is 661 g/mol. The first kappa shape index (κ1) is 28.9. The van der Waals surface area contributed by atoms with Crippen LogP contribution in [0.2, 0.25) is 19.6 Å². The third kappa shape index (κ3) is 4.10. The van der Waals surface area contributed by atoms with Gasteiger partial charge in [-0.2, -0.15) is 0 Å². The molecule has 2 aliphatic rings. The van der Waals surface area contributed by atoms with Gasteiger partial charge >= 0.3 is 5.66 Å². The summed E-state index contributed by atoms with van der Waals surface area (Å²) >= 11 is 0. The lowest BCUT2D eigenvalue weighted by Gasteiger charge is -2.20. The number of fused-ring (bicyclic) bond motifs is 20. The summed E-state index contributed by atoms with van der Waals surface area (Å²) in [6.45, 7) is 13.2. The molecule has 0 fully saturated rings. The van der Waals surface area contributed by atoms with E-state index in [1.165, 1.54) is 54.3 Å². The maximum absolute atomic E-state index is 9.40. The highest BCUT2D eigenvalue weighted by Gasteiger charge is 2.67. The van der Waals surface area contributed by atoms with Gasteiger partial charge in [0.1, 0.15) is 27.9 Å². The third-order valence-electron chi connectivity index (χ3n) is 11.7. The van der Waals surface area contributed by atoms with E-state index >= 15 is 0 Å². The van der Waals surface area contributed by atoms with Gasteiger partial charge in [0, 0.05) is 36.9 Å². The van der Waals surface area contributed by atoms with Crippen molar-refractivity contribution in [2.75, 3.05) is 0 Å². The van der Waals surface area contributed by atoms with Gasteiger partial charge in [-0.25, -0.2) is 0 Å². The molecule has 0 saturated carbocycles. The number of furan rings is 1. The number of hydrogen-bond acceptors (Lipinski definition) is 1. The summed E-state index contributed by atoms with van der Waals surface area (Å²) in [5, 5.41) is 10.9. The highest BCUT2D eigenvalue weighted by Crippen LogP contribution is 2.51. The van der Waals surface area contributed by atoms with Crippen molar-refractivity contribution in [3.8, 4) is 22.5 Å². The molecule has 3 nitrogen and oxygen atoms in total.